The number of carbonyl (C=O) groups excluding carboxylic acids is 1. The molecule has 1 aromatic carbocycles. The first-order chi connectivity index (χ1) is 12.4. The van der Waals surface area contributed by atoms with Crippen molar-refractivity contribution in [2.24, 2.45) is 5.92 Å². The van der Waals surface area contributed by atoms with E-state index < -0.39 is 0 Å². The van der Waals surface area contributed by atoms with Crippen LogP contribution in [0.4, 0.5) is 0 Å². The van der Waals surface area contributed by atoms with Crippen LogP contribution in [0.2, 0.25) is 5.02 Å². The maximum atomic E-state index is 12.0. The molecule has 0 aliphatic carbocycles. The summed E-state index contributed by atoms with van der Waals surface area (Å²) in [6.07, 6.45) is 4.32. The van der Waals surface area contributed by atoms with Gasteiger partial charge in [0, 0.05) is 23.7 Å². The van der Waals surface area contributed by atoms with Crippen molar-refractivity contribution in [2.45, 2.75) is 39.2 Å². The molecule has 0 bridgehead atoms. The topological polar surface area (TPSA) is 62.0 Å². The monoisotopic (exact) mass is 370 g/mol. The first kappa shape index (κ1) is 18.5. The SMILES string of the molecule is CC(C)Cc1ccc(/C(=C/[C@H]2CCC(=O)N2)c2ccc(Cl)c(=O)[nH]2)cc1. The van der Waals surface area contributed by atoms with Crippen molar-refractivity contribution in [2.75, 3.05) is 0 Å². The summed E-state index contributed by atoms with van der Waals surface area (Å²) in [6.45, 7) is 4.39. The Balaban J connectivity index is 1.99. The van der Waals surface area contributed by atoms with Gasteiger partial charge < -0.3 is 10.3 Å². The molecule has 1 aromatic heterocycles. The molecule has 5 heteroatoms. The van der Waals surface area contributed by atoms with Gasteiger partial charge in [0.25, 0.3) is 5.56 Å². The Labute approximate surface area is 158 Å². The number of benzene rings is 1. The molecule has 4 nitrogen and oxygen atoms in total. The fourth-order valence-electron chi connectivity index (χ4n) is 3.21. The number of nitrogens with one attached hydrogen (secondary N) is 2. The highest BCUT2D eigenvalue weighted by atomic mass is 35.5. The second kappa shape index (κ2) is 7.92. The standard InChI is InChI=1S/C21H23ClN2O2/c1-13(2)11-14-3-5-15(6-4-14)17(12-16-7-10-20(25)23-16)19-9-8-18(22)21(26)24-19/h3-6,8-9,12-13,16H,7,10-11H2,1-2H3,(H,23,25)(H,24,26)/b17-12-/t16-/m1/s1. The summed E-state index contributed by atoms with van der Waals surface area (Å²) in [4.78, 5) is 26.3. The third-order valence-corrected chi connectivity index (χ3v) is 4.75. The van der Waals surface area contributed by atoms with E-state index in [9.17, 15) is 9.59 Å². The van der Waals surface area contributed by atoms with E-state index in [2.05, 4.69) is 48.4 Å². The molecule has 0 radical (unpaired) electrons. The third-order valence-electron chi connectivity index (χ3n) is 4.46. The molecule has 2 heterocycles. The van der Waals surface area contributed by atoms with Gasteiger partial charge in [0.1, 0.15) is 5.02 Å². The molecule has 1 amide bonds. The minimum Gasteiger partial charge on any atom is -0.350 e. The third kappa shape index (κ3) is 4.44. The molecule has 26 heavy (non-hydrogen) atoms. The normalized spacial score (nSPS) is 17.6. The zero-order valence-electron chi connectivity index (χ0n) is 15.0. The first-order valence-electron chi connectivity index (χ1n) is 8.92. The molecular formula is C21H23ClN2O2. The lowest BCUT2D eigenvalue weighted by molar-refractivity contribution is -0.119. The molecule has 1 atom stereocenters. The van der Waals surface area contributed by atoms with E-state index in [0.717, 1.165) is 24.0 Å². The number of pyridine rings is 1. The van der Waals surface area contributed by atoms with Gasteiger partial charge in [-0.05, 0) is 42.0 Å². The number of amides is 1. The van der Waals surface area contributed by atoms with Crippen molar-refractivity contribution in [1.82, 2.24) is 10.3 Å². The van der Waals surface area contributed by atoms with Gasteiger partial charge in [-0.3, -0.25) is 9.59 Å². The predicted molar refractivity (Wildman–Crippen MR) is 105 cm³/mol. The first-order valence-corrected chi connectivity index (χ1v) is 9.30. The minimum atomic E-state index is -0.318. The van der Waals surface area contributed by atoms with Crippen molar-refractivity contribution in [3.8, 4) is 0 Å². The van der Waals surface area contributed by atoms with Gasteiger partial charge in [0.2, 0.25) is 5.91 Å². The molecule has 0 saturated carbocycles. The Kier molecular flexibility index (Phi) is 5.62. The van der Waals surface area contributed by atoms with E-state index >= 15 is 0 Å². The lowest BCUT2D eigenvalue weighted by Gasteiger charge is -2.13. The predicted octanol–water partition coefficient (Wildman–Crippen LogP) is 3.94. The number of H-pyrrole nitrogens is 1. The smallest absolute Gasteiger partial charge is 0.267 e. The number of aromatic amines is 1. The zero-order chi connectivity index (χ0) is 18.7. The summed E-state index contributed by atoms with van der Waals surface area (Å²) in [5, 5.41) is 3.12. The number of carbonyl (C=O) groups is 1. The van der Waals surface area contributed by atoms with Crippen LogP contribution in [0, 0.1) is 5.92 Å². The summed E-state index contributed by atoms with van der Waals surface area (Å²) in [6, 6.07) is 11.7. The van der Waals surface area contributed by atoms with Gasteiger partial charge in [0.15, 0.2) is 0 Å². The molecule has 0 unspecified atom stereocenters. The number of halogens is 1. The second-order valence-electron chi connectivity index (χ2n) is 7.14. The van der Waals surface area contributed by atoms with Crippen molar-refractivity contribution in [3.05, 3.63) is 74.7 Å². The van der Waals surface area contributed by atoms with Crippen LogP contribution < -0.4 is 10.9 Å². The Morgan fingerprint density at radius 2 is 1.92 bits per heavy atom. The van der Waals surface area contributed by atoms with Gasteiger partial charge in [-0.15, -0.1) is 0 Å². The maximum Gasteiger partial charge on any atom is 0.267 e. The molecule has 1 saturated heterocycles. The summed E-state index contributed by atoms with van der Waals surface area (Å²) in [7, 11) is 0. The number of hydrogen-bond acceptors (Lipinski definition) is 2. The largest absolute Gasteiger partial charge is 0.350 e. The average Bonchev–Trinajstić information content (AvgIpc) is 3.01. The van der Waals surface area contributed by atoms with Crippen LogP contribution in [0.1, 0.15) is 43.5 Å². The highest BCUT2D eigenvalue weighted by molar-refractivity contribution is 6.30. The van der Waals surface area contributed by atoms with Crippen LogP contribution in [0.25, 0.3) is 5.57 Å². The Hall–Kier alpha value is -2.33. The molecule has 2 aromatic rings. The number of aromatic nitrogens is 1. The Morgan fingerprint density at radius 3 is 2.50 bits per heavy atom. The molecular weight excluding hydrogens is 348 g/mol. The minimum absolute atomic E-state index is 0.0352. The van der Waals surface area contributed by atoms with Crippen LogP contribution in [0.3, 0.4) is 0 Å². The van der Waals surface area contributed by atoms with Crippen molar-refractivity contribution >= 4 is 23.1 Å². The van der Waals surface area contributed by atoms with E-state index in [1.54, 1.807) is 12.1 Å². The van der Waals surface area contributed by atoms with E-state index in [1.165, 1.54) is 5.56 Å². The lowest BCUT2D eigenvalue weighted by atomic mass is 9.96. The summed E-state index contributed by atoms with van der Waals surface area (Å²) >= 11 is 5.87. The maximum absolute atomic E-state index is 12.0. The van der Waals surface area contributed by atoms with Crippen molar-refractivity contribution < 1.29 is 4.79 Å². The van der Waals surface area contributed by atoms with Gasteiger partial charge in [0.05, 0.1) is 0 Å². The van der Waals surface area contributed by atoms with E-state index in [-0.39, 0.29) is 22.5 Å². The van der Waals surface area contributed by atoms with Crippen LogP contribution in [-0.2, 0) is 11.2 Å². The lowest BCUT2D eigenvalue weighted by Crippen LogP contribution is -2.23. The molecule has 2 N–H and O–H groups in total. The number of hydrogen-bond donors (Lipinski definition) is 2. The van der Waals surface area contributed by atoms with Crippen molar-refractivity contribution in [1.29, 1.82) is 0 Å². The van der Waals surface area contributed by atoms with Crippen LogP contribution >= 0.6 is 11.6 Å². The van der Waals surface area contributed by atoms with Crippen molar-refractivity contribution in [3.63, 3.8) is 0 Å². The summed E-state index contributed by atoms with van der Waals surface area (Å²) in [5.41, 5.74) is 3.54. The molecule has 1 fully saturated rings. The van der Waals surface area contributed by atoms with Crippen LogP contribution in [0.15, 0.2) is 47.3 Å². The van der Waals surface area contributed by atoms with E-state index in [4.69, 9.17) is 11.6 Å². The molecule has 0 spiro atoms. The van der Waals surface area contributed by atoms with Gasteiger partial charge in [-0.2, -0.15) is 0 Å². The van der Waals surface area contributed by atoms with Gasteiger partial charge >= 0.3 is 0 Å². The zero-order valence-corrected chi connectivity index (χ0v) is 15.8. The van der Waals surface area contributed by atoms with Gasteiger partial charge in [-0.25, -0.2) is 0 Å². The summed E-state index contributed by atoms with van der Waals surface area (Å²) in [5.74, 6) is 0.652. The molecule has 1 aliphatic heterocycles. The highest BCUT2D eigenvalue weighted by Gasteiger charge is 2.20. The van der Waals surface area contributed by atoms with Crippen LogP contribution in [0.5, 0.6) is 0 Å². The van der Waals surface area contributed by atoms with E-state index in [0.29, 0.717) is 18.0 Å². The molecule has 1 aliphatic rings. The van der Waals surface area contributed by atoms with Gasteiger partial charge in [-0.1, -0.05) is 55.8 Å². The Morgan fingerprint density at radius 1 is 1.19 bits per heavy atom. The number of rotatable bonds is 5. The quantitative estimate of drug-likeness (QED) is 0.837. The van der Waals surface area contributed by atoms with Crippen LogP contribution in [-0.4, -0.2) is 16.9 Å². The highest BCUT2D eigenvalue weighted by Crippen LogP contribution is 2.25. The average molecular weight is 371 g/mol. The molecule has 3 rings (SSSR count). The summed E-state index contributed by atoms with van der Waals surface area (Å²) < 4.78 is 0. The molecule has 136 valence electrons. The fourth-order valence-corrected chi connectivity index (χ4v) is 3.32. The second-order valence-corrected chi connectivity index (χ2v) is 7.54. The van der Waals surface area contributed by atoms with E-state index in [1.807, 2.05) is 6.08 Å². The fraction of sp³-hybridized carbons (Fsp3) is 0.333. The Bertz CT molecular complexity index is 882.